The Morgan fingerprint density at radius 1 is 1.28 bits per heavy atom. The van der Waals surface area contributed by atoms with Crippen molar-refractivity contribution in [1.29, 1.82) is 0 Å². The Bertz CT molecular complexity index is 491. The highest BCUT2D eigenvalue weighted by Crippen LogP contribution is 2.25. The van der Waals surface area contributed by atoms with E-state index in [0.29, 0.717) is 0 Å². The second kappa shape index (κ2) is 6.36. The van der Waals surface area contributed by atoms with E-state index in [-0.39, 0.29) is 0 Å². The van der Waals surface area contributed by atoms with Gasteiger partial charge in [-0.3, -0.25) is 0 Å². The molecule has 18 heavy (non-hydrogen) atoms. The first-order chi connectivity index (χ1) is 8.85. The van der Waals surface area contributed by atoms with Gasteiger partial charge < -0.3 is 9.73 Å². The Labute approximate surface area is 108 Å². The smallest absolute Gasteiger partial charge is 0.194 e. The van der Waals surface area contributed by atoms with E-state index in [9.17, 15) is 0 Å². The third-order valence-electron chi connectivity index (χ3n) is 3.03. The molecule has 3 heteroatoms. The molecule has 0 unspecified atom stereocenters. The third-order valence-corrected chi connectivity index (χ3v) is 3.03. The average Bonchev–Trinajstić information content (AvgIpc) is 2.88. The van der Waals surface area contributed by atoms with Gasteiger partial charge in [0.25, 0.3) is 0 Å². The highest BCUT2D eigenvalue weighted by atomic mass is 16.4. The van der Waals surface area contributed by atoms with E-state index in [1.807, 2.05) is 19.3 Å². The fourth-order valence-corrected chi connectivity index (χ4v) is 2.04. The third kappa shape index (κ3) is 2.99. The highest BCUT2D eigenvalue weighted by Gasteiger charge is 2.09. The van der Waals surface area contributed by atoms with Crippen LogP contribution >= 0.6 is 0 Å². The minimum Gasteiger partial charge on any atom is -0.441 e. The number of nitrogens with zero attached hydrogens (tertiary/aromatic N) is 1. The average molecular weight is 244 g/mol. The summed E-state index contributed by atoms with van der Waals surface area (Å²) in [6.07, 6.45) is 4.77. The molecule has 1 N–H and O–H groups in total. The van der Waals surface area contributed by atoms with E-state index >= 15 is 0 Å². The van der Waals surface area contributed by atoms with Gasteiger partial charge in [-0.05, 0) is 32.0 Å². The maximum Gasteiger partial charge on any atom is 0.194 e. The molecule has 0 aliphatic rings. The summed E-state index contributed by atoms with van der Waals surface area (Å²) in [7, 11) is 1.96. The van der Waals surface area contributed by atoms with Crippen LogP contribution < -0.4 is 5.32 Å². The van der Waals surface area contributed by atoms with Crippen molar-refractivity contribution in [2.24, 2.45) is 0 Å². The number of aromatic nitrogens is 1. The van der Waals surface area contributed by atoms with Crippen LogP contribution in [-0.4, -0.2) is 18.6 Å². The molecule has 0 saturated heterocycles. The van der Waals surface area contributed by atoms with Crippen LogP contribution in [0.2, 0.25) is 0 Å². The van der Waals surface area contributed by atoms with Gasteiger partial charge in [-0.1, -0.05) is 31.2 Å². The van der Waals surface area contributed by atoms with Crippen LogP contribution in [0.5, 0.6) is 0 Å². The number of oxazole rings is 1. The predicted molar refractivity (Wildman–Crippen MR) is 73.6 cm³/mol. The molecule has 1 heterocycles. The fraction of sp³-hybridized carbons (Fsp3) is 0.400. The molecule has 1 aromatic carbocycles. The van der Waals surface area contributed by atoms with Crippen LogP contribution in [0.1, 0.15) is 24.8 Å². The van der Waals surface area contributed by atoms with E-state index in [1.54, 1.807) is 0 Å². The zero-order valence-corrected chi connectivity index (χ0v) is 11.1. The first-order valence-corrected chi connectivity index (χ1v) is 6.52. The molecule has 96 valence electrons. The van der Waals surface area contributed by atoms with Gasteiger partial charge in [0.05, 0.1) is 6.20 Å². The van der Waals surface area contributed by atoms with Crippen LogP contribution in [0.25, 0.3) is 11.3 Å². The Morgan fingerprint density at radius 3 is 2.89 bits per heavy atom. The van der Waals surface area contributed by atoms with E-state index in [4.69, 9.17) is 4.42 Å². The quantitative estimate of drug-likeness (QED) is 0.794. The summed E-state index contributed by atoms with van der Waals surface area (Å²) in [6.45, 7) is 3.15. The second-order valence-electron chi connectivity index (χ2n) is 4.34. The minimum absolute atomic E-state index is 0.825. The lowest BCUT2D eigenvalue weighted by atomic mass is 10.0. The minimum atomic E-state index is 0.825. The number of rotatable bonds is 6. The molecule has 0 bridgehead atoms. The van der Waals surface area contributed by atoms with Gasteiger partial charge in [-0.15, -0.1) is 0 Å². The van der Waals surface area contributed by atoms with E-state index < -0.39 is 0 Å². The Morgan fingerprint density at radius 2 is 2.11 bits per heavy atom. The summed E-state index contributed by atoms with van der Waals surface area (Å²) in [5, 5.41) is 3.13. The van der Waals surface area contributed by atoms with Gasteiger partial charge in [-0.25, -0.2) is 4.98 Å². The van der Waals surface area contributed by atoms with Gasteiger partial charge in [0.1, 0.15) is 0 Å². The van der Waals surface area contributed by atoms with E-state index in [1.165, 1.54) is 5.56 Å². The van der Waals surface area contributed by atoms with Crippen LogP contribution in [0.4, 0.5) is 0 Å². The Hall–Kier alpha value is -1.61. The Kier molecular flexibility index (Phi) is 4.53. The standard InChI is InChI=1S/C15H20N2O/c1-3-12-7-4-5-8-13(12)14-11-17-15(18-14)9-6-10-16-2/h4-5,7-8,11,16H,3,6,9-10H2,1-2H3. The zero-order chi connectivity index (χ0) is 12.8. The molecular weight excluding hydrogens is 224 g/mol. The van der Waals surface area contributed by atoms with Gasteiger partial charge in [-0.2, -0.15) is 0 Å². The predicted octanol–water partition coefficient (Wildman–Crippen LogP) is 3.06. The molecule has 0 amide bonds. The number of hydrogen-bond donors (Lipinski definition) is 1. The molecule has 1 aromatic heterocycles. The summed E-state index contributed by atoms with van der Waals surface area (Å²) < 4.78 is 5.82. The number of hydrogen-bond acceptors (Lipinski definition) is 3. The number of benzene rings is 1. The molecule has 0 spiro atoms. The molecular formula is C15H20N2O. The molecule has 0 aliphatic heterocycles. The van der Waals surface area contributed by atoms with Crippen molar-refractivity contribution >= 4 is 0 Å². The number of aryl methyl sites for hydroxylation is 2. The van der Waals surface area contributed by atoms with Crippen LogP contribution in [0, 0.1) is 0 Å². The summed E-state index contributed by atoms with van der Waals surface area (Å²) in [6, 6.07) is 8.33. The van der Waals surface area contributed by atoms with Crippen molar-refractivity contribution in [3.63, 3.8) is 0 Å². The van der Waals surface area contributed by atoms with Crippen molar-refractivity contribution in [3.8, 4) is 11.3 Å². The van der Waals surface area contributed by atoms with Crippen LogP contribution in [0.3, 0.4) is 0 Å². The van der Waals surface area contributed by atoms with Gasteiger partial charge in [0, 0.05) is 12.0 Å². The van der Waals surface area contributed by atoms with Crippen LogP contribution in [0.15, 0.2) is 34.9 Å². The molecule has 2 aromatic rings. The van der Waals surface area contributed by atoms with E-state index in [2.05, 4.69) is 35.4 Å². The summed E-state index contributed by atoms with van der Waals surface area (Å²) >= 11 is 0. The molecule has 0 aliphatic carbocycles. The van der Waals surface area contributed by atoms with Crippen LogP contribution in [-0.2, 0) is 12.8 Å². The first-order valence-electron chi connectivity index (χ1n) is 6.52. The molecule has 0 fully saturated rings. The van der Waals surface area contributed by atoms with Gasteiger partial charge in [0.15, 0.2) is 11.7 Å². The molecule has 0 radical (unpaired) electrons. The highest BCUT2D eigenvalue weighted by molar-refractivity contribution is 5.61. The SMILES string of the molecule is CCc1ccccc1-c1cnc(CCCNC)o1. The lowest BCUT2D eigenvalue weighted by Gasteiger charge is -2.03. The van der Waals surface area contributed by atoms with Crippen molar-refractivity contribution < 1.29 is 4.42 Å². The van der Waals surface area contributed by atoms with Crippen molar-refractivity contribution in [2.45, 2.75) is 26.2 Å². The topological polar surface area (TPSA) is 38.1 Å². The normalized spacial score (nSPS) is 10.8. The monoisotopic (exact) mass is 244 g/mol. The molecule has 0 atom stereocenters. The summed E-state index contributed by atoms with van der Waals surface area (Å²) in [5.74, 6) is 1.71. The lowest BCUT2D eigenvalue weighted by Crippen LogP contribution is -2.08. The Balaban J connectivity index is 2.13. The molecule has 2 rings (SSSR count). The molecule has 3 nitrogen and oxygen atoms in total. The maximum absolute atomic E-state index is 5.82. The summed E-state index contributed by atoms with van der Waals surface area (Å²) in [4.78, 5) is 4.35. The number of nitrogens with one attached hydrogen (secondary N) is 1. The lowest BCUT2D eigenvalue weighted by molar-refractivity contribution is 0.495. The largest absolute Gasteiger partial charge is 0.441 e. The van der Waals surface area contributed by atoms with E-state index in [0.717, 1.165) is 43.0 Å². The van der Waals surface area contributed by atoms with Gasteiger partial charge in [0.2, 0.25) is 0 Å². The second-order valence-corrected chi connectivity index (χ2v) is 4.34. The molecule has 0 saturated carbocycles. The van der Waals surface area contributed by atoms with Crippen molar-refractivity contribution in [2.75, 3.05) is 13.6 Å². The van der Waals surface area contributed by atoms with Crippen molar-refractivity contribution in [1.82, 2.24) is 10.3 Å². The van der Waals surface area contributed by atoms with Gasteiger partial charge >= 0.3 is 0 Å². The zero-order valence-electron chi connectivity index (χ0n) is 11.1. The summed E-state index contributed by atoms with van der Waals surface area (Å²) in [5.41, 5.74) is 2.46. The maximum atomic E-state index is 5.82. The fourth-order valence-electron chi connectivity index (χ4n) is 2.04. The van der Waals surface area contributed by atoms with Crippen molar-refractivity contribution in [3.05, 3.63) is 41.9 Å². The first kappa shape index (κ1) is 12.8.